The van der Waals surface area contributed by atoms with Gasteiger partial charge in [0.05, 0.1) is 5.97 Å². The fourth-order valence-electron chi connectivity index (χ4n) is 1.83. The van der Waals surface area contributed by atoms with Crippen molar-refractivity contribution in [2.24, 2.45) is 0 Å². The first-order valence-corrected chi connectivity index (χ1v) is 5.82. The van der Waals surface area contributed by atoms with Crippen molar-refractivity contribution in [3.63, 3.8) is 0 Å². The Morgan fingerprint density at radius 2 is 1.32 bits per heavy atom. The maximum Gasteiger partial charge on any atom is 0.109 e. The summed E-state index contributed by atoms with van der Waals surface area (Å²) in [6, 6.07) is 14.4. The van der Waals surface area contributed by atoms with Crippen molar-refractivity contribution in [1.29, 1.82) is 0 Å². The van der Waals surface area contributed by atoms with E-state index >= 15 is 0 Å². The van der Waals surface area contributed by atoms with Crippen molar-refractivity contribution in [2.75, 3.05) is 0 Å². The van der Waals surface area contributed by atoms with Gasteiger partial charge >= 0.3 is 0 Å². The normalized spacial score (nSPS) is 13.8. The summed E-state index contributed by atoms with van der Waals surface area (Å²) in [4.78, 5) is 10.6. The van der Waals surface area contributed by atoms with E-state index in [9.17, 15) is 20.1 Å². The summed E-state index contributed by atoms with van der Waals surface area (Å²) in [5.41, 5.74) is 1.07. The topological polar surface area (TPSA) is 80.6 Å². The predicted molar refractivity (Wildman–Crippen MR) is 67.1 cm³/mol. The van der Waals surface area contributed by atoms with Crippen molar-refractivity contribution < 1.29 is 20.1 Å². The second-order valence-electron chi connectivity index (χ2n) is 4.21. The van der Waals surface area contributed by atoms with Gasteiger partial charge in [-0.2, -0.15) is 0 Å². The quantitative estimate of drug-likeness (QED) is 0.849. The molecule has 0 aliphatic heterocycles. The molecule has 0 amide bonds. The maximum absolute atomic E-state index is 10.6. The molecule has 98 valence electrons. The van der Waals surface area contributed by atoms with E-state index in [4.69, 9.17) is 0 Å². The number of aliphatic hydroxyl groups excluding tert-OH is 2. The highest BCUT2D eigenvalue weighted by Gasteiger charge is 2.19. The van der Waals surface area contributed by atoms with Crippen molar-refractivity contribution >= 4 is 5.97 Å². The molecule has 0 heterocycles. The molecule has 0 aromatic heterocycles. The predicted octanol–water partition coefficient (Wildman–Crippen LogP) is 0.817. The molecule has 19 heavy (non-hydrogen) atoms. The van der Waals surface area contributed by atoms with E-state index in [-0.39, 0.29) is 5.56 Å². The van der Waals surface area contributed by atoms with Gasteiger partial charge in [0.1, 0.15) is 12.2 Å². The monoisotopic (exact) mass is 257 g/mol. The van der Waals surface area contributed by atoms with Crippen LogP contribution in [0.5, 0.6) is 0 Å². The lowest BCUT2D eigenvalue weighted by molar-refractivity contribution is -0.255. The standard InChI is InChI=1S/C15H14O4/c16-13(10-4-2-1-3-5-10)14(17)11-6-8-12(9-7-11)15(18)19/h1-9,13-14,16-17H,(H,18,19)/p-1/t13-,14+/m1/s1. The summed E-state index contributed by atoms with van der Waals surface area (Å²) in [5.74, 6) is -1.27. The fourth-order valence-corrected chi connectivity index (χ4v) is 1.83. The van der Waals surface area contributed by atoms with Gasteiger partial charge in [0.25, 0.3) is 0 Å². The minimum absolute atomic E-state index is 0.0325. The number of carbonyl (C=O) groups excluding carboxylic acids is 1. The van der Waals surface area contributed by atoms with Gasteiger partial charge in [-0.05, 0) is 16.7 Å². The van der Waals surface area contributed by atoms with Crippen molar-refractivity contribution in [3.8, 4) is 0 Å². The Morgan fingerprint density at radius 3 is 1.79 bits per heavy atom. The zero-order valence-corrected chi connectivity index (χ0v) is 10.1. The van der Waals surface area contributed by atoms with Crippen LogP contribution in [0.4, 0.5) is 0 Å². The lowest BCUT2D eigenvalue weighted by Gasteiger charge is -2.19. The Bertz CT molecular complexity index is 548. The highest BCUT2D eigenvalue weighted by Crippen LogP contribution is 2.28. The molecule has 2 N–H and O–H groups in total. The van der Waals surface area contributed by atoms with Gasteiger partial charge in [-0.3, -0.25) is 0 Å². The number of carbonyl (C=O) groups is 1. The number of benzene rings is 2. The molecular formula is C15H13O4-. The molecule has 4 nitrogen and oxygen atoms in total. The molecule has 0 radical (unpaired) electrons. The van der Waals surface area contributed by atoms with Crippen molar-refractivity contribution in [1.82, 2.24) is 0 Å². The van der Waals surface area contributed by atoms with E-state index in [2.05, 4.69) is 0 Å². The Kier molecular flexibility index (Phi) is 3.94. The van der Waals surface area contributed by atoms with Crippen molar-refractivity contribution in [2.45, 2.75) is 12.2 Å². The zero-order valence-electron chi connectivity index (χ0n) is 10.1. The first kappa shape index (κ1) is 13.3. The smallest absolute Gasteiger partial charge is 0.109 e. The van der Waals surface area contributed by atoms with Crippen LogP contribution in [0.1, 0.15) is 33.7 Å². The van der Waals surface area contributed by atoms with Crippen LogP contribution in [0.3, 0.4) is 0 Å². The summed E-state index contributed by atoms with van der Waals surface area (Å²) in [7, 11) is 0. The van der Waals surface area contributed by atoms with E-state index in [1.165, 1.54) is 24.3 Å². The Hall–Kier alpha value is -2.17. The molecule has 0 spiro atoms. The van der Waals surface area contributed by atoms with Crippen LogP contribution in [-0.4, -0.2) is 16.2 Å². The van der Waals surface area contributed by atoms with E-state index in [1.807, 2.05) is 6.07 Å². The molecule has 2 rings (SSSR count). The Labute approximate surface area is 110 Å². The lowest BCUT2D eigenvalue weighted by atomic mass is 9.97. The largest absolute Gasteiger partial charge is 0.545 e. The van der Waals surface area contributed by atoms with Crippen LogP contribution >= 0.6 is 0 Å². The van der Waals surface area contributed by atoms with Gasteiger partial charge in [-0.25, -0.2) is 0 Å². The number of hydrogen-bond acceptors (Lipinski definition) is 4. The number of hydrogen-bond donors (Lipinski definition) is 2. The van der Waals surface area contributed by atoms with E-state index in [1.54, 1.807) is 24.3 Å². The van der Waals surface area contributed by atoms with Crippen LogP contribution in [0.2, 0.25) is 0 Å². The molecular weight excluding hydrogens is 244 g/mol. The van der Waals surface area contributed by atoms with Crippen LogP contribution in [0.25, 0.3) is 0 Å². The van der Waals surface area contributed by atoms with E-state index < -0.39 is 18.2 Å². The van der Waals surface area contributed by atoms with Gasteiger partial charge in [-0.15, -0.1) is 0 Å². The van der Waals surface area contributed by atoms with Gasteiger partial charge in [0.2, 0.25) is 0 Å². The van der Waals surface area contributed by atoms with E-state index in [0.29, 0.717) is 11.1 Å². The first-order valence-electron chi connectivity index (χ1n) is 5.82. The Morgan fingerprint density at radius 1 is 0.842 bits per heavy atom. The number of aromatic carboxylic acids is 1. The molecule has 2 aromatic carbocycles. The third kappa shape index (κ3) is 2.99. The average Bonchev–Trinajstić information content (AvgIpc) is 2.46. The van der Waals surface area contributed by atoms with Crippen molar-refractivity contribution in [3.05, 3.63) is 71.3 Å². The third-order valence-corrected chi connectivity index (χ3v) is 2.93. The lowest BCUT2D eigenvalue weighted by Crippen LogP contribution is -2.22. The zero-order chi connectivity index (χ0) is 13.8. The van der Waals surface area contributed by atoms with E-state index in [0.717, 1.165) is 0 Å². The minimum atomic E-state index is -1.27. The number of rotatable bonds is 4. The molecule has 0 saturated heterocycles. The highest BCUT2D eigenvalue weighted by atomic mass is 16.4. The second kappa shape index (κ2) is 5.65. The molecule has 0 saturated carbocycles. The fraction of sp³-hybridized carbons (Fsp3) is 0.133. The average molecular weight is 257 g/mol. The van der Waals surface area contributed by atoms with Gasteiger partial charge in [0.15, 0.2) is 0 Å². The number of aliphatic hydroxyl groups is 2. The summed E-state index contributed by atoms with van der Waals surface area (Å²) in [5, 5.41) is 30.7. The summed E-state index contributed by atoms with van der Waals surface area (Å²) in [6.45, 7) is 0. The molecule has 4 heteroatoms. The maximum atomic E-state index is 10.6. The van der Waals surface area contributed by atoms with Crippen LogP contribution in [0, 0.1) is 0 Å². The molecule has 0 bridgehead atoms. The number of carboxylic acid groups (broad SMARTS) is 1. The van der Waals surface area contributed by atoms with Crippen LogP contribution < -0.4 is 5.11 Å². The highest BCUT2D eigenvalue weighted by molar-refractivity contribution is 5.85. The van der Waals surface area contributed by atoms with Gasteiger partial charge in [0, 0.05) is 0 Å². The molecule has 0 fully saturated rings. The third-order valence-electron chi connectivity index (χ3n) is 2.93. The summed E-state index contributed by atoms with van der Waals surface area (Å²) in [6.07, 6.45) is -2.17. The minimum Gasteiger partial charge on any atom is -0.545 e. The summed E-state index contributed by atoms with van der Waals surface area (Å²) >= 11 is 0. The molecule has 0 aliphatic carbocycles. The molecule has 2 atom stereocenters. The Balaban J connectivity index is 2.19. The molecule has 0 unspecified atom stereocenters. The SMILES string of the molecule is O=C([O-])c1ccc([C@H](O)[C@H](O)c2ccccc2)cc1. The molecule has 2 aromatic rings. The van der Waals surface area contributed by atoms with Crippen LogP contribution in [-0.2, 0) is 0 Å². The van der Waals surface area contributed by atoms with Crippen LogP contribution in [0.15, 0.2) is 54.6 Å². The van der Waals surface area contributed by atoms with Gasteiger partial charge in [-0.1, -0.05) is 54.6 Å². The molecule has 0 aliphatic rings. The first-order chi connectivity index (χ1) is 9.09. The second-order valence-corrected chi connectivity index (χ2v) is 4.21. The summed E-state index contributed by atoms with van der Waals surface area (Å²) < 4.78 is 0. The number of carboxylic acids is 1. The van der Waals surface area contributed by atoms with Gasteiger partial charge < -0.3 is 20.1 Å².